The van der Waals surface area contributed by atoms with E-state index in [0.717, 1.165) is 49.8 Å². The molecule has 2 fully saturated rings. The van der Waals surface area contributed by atoms with Gasteiger partial charge in [-0.25, -0.2) is 0 Å². The maximum Gasteiger partial charge on any atom is 0.258 e. The van der Waals surface area contributed by atoms with Crippen molar-refractivity contribution < 1.29 is 9.53 Å². The number of halogens is 1. The highest BCUT2D eigenvalue weighted by molar-refractivity contribution is 6.31. The lowest BCUT2D eigenvalue weighted by Gasteiger charge is -2.40. The van der Waals surface area contributed by atoms with Crippen molar-refractivity contribution in [3.8, 4) is 5.75 Å². The molecule has 2 aromatic carbocycles. The second-order valence-corrected chi connectivity index (χ2v) is 9.25. The van der Waals surface area contributed by atoms with Crippen LogP contribution in [0.2, 0.25) is 5.02 Å². The van der Waals surface area contributed by atoms with Gasteiger partial charge in [-0.1, -0.05) is 17.7 Å². The third-order valence-corrected chi connectivity index (χ3v) is 7.10. The Balaban J connectivity index is 1.46. The smallest absolute Gasteiger partial charge is 0.258 e. The third-order valence-electron chi connectivity index (χ3n) is 6.87. The number of benzene rings is 2. The number of likely N-dealkylation sites (tertiary alicyclic amines) is 1. The summed E-state index contributed by atoms with van der Waals surface area (Å²) in [6, 6.07) is 13.4. The third kappa shape index (κ3) is 3.53. The molecular weight excluding hydrogens is 384 g/mol. The number of piperidine rings is 1. The van der Waals surface area contributed by atoms with Crippen LogP contribution in [0.5, 0.6) is 5.75 Å². The summed E-state index contributed by atoms with van der Waals surface area (Å²) in [5.74, 6) is 1.80. The Kier molecular flexibility index (Phi) is 4.79. The van der Waals surface area contributed by atoms with Gasteiger partial charge in [-0.2, -0.15) is 0 Å². The van der Waals surface area contributed by atoms with E-state index < -0.39 is 0 Å². The highest BCUT2D eigenvalue weighted by atomic mass is 35.5. The highest BCUT2D eigenvalue weighted by Crippen LogP contribution is 2.49. The number of nitrogens with zero attached hydrogens (tertiary/aromatic N) is 2. The summed E-state index contributed by atoms with van der Waals surface area (Å²) < 4.78 is 5.52. The molecule has 152 valence electrons. The van der Waals surface area contributed by atoms with Crippen LogP contribution in [0.15, 0.2) is 42.5 Å². The molecule has 2 heterocycles. The van der Waals surface area contributed by atoms with Gasteiger partial charge in [-0.15, -0.1) is 0 Å². The maximum atomic E-state index is 13.4. The largest absolute Gasteiger partial charge is 0.497 e. The molecule has 4 nitrogen and oxygen atoms in total. The molecule has 0 radical (unpaired) electrons. The van der Waals surface area contributed by atoms with Crippen LogP contribution in [0.25, 0.3) is 0 Å². The first kappa shape index (κ1) is 19.0. The molecule has 2 aromatic rings. The second kappa shape index (κ2) is 7.33. The fourth-order valence-electron chi connectivity index (χ4n) is 4.99. The molecule has 1 aliphatic carbocycles. The minimum atomic E-state index is 0.0121. The van der Waals surface area contributed by atoms with Gasteiger partial charge in [0.2, 0.25) is 0 Å². The Morgan fingerprint density at radius 3 is 2.66 bits per heavy atom. The SMILES string of the molecule is COc1ccc2c(c1)C1(CCN(CC3CC3)CC1)CN2C(=O)c1cccc(Cl)c1. The van der Waals surface area contributed by atoms with Crippen LogP contribution in [0, 0.1) is 5.92 Å². The zero-order valence-electron chi connectivity index (χ0n) is 16.9. The van der Waals surface area contributed by atoms with Gasteiger partial charge in [0.15, 0.2) is 0 Å². The molecule has 0 N–H and O–H groups in total. The molecule has 3 aliphatic rings. The standard InChI is InChI=1S/C24H27ClN2O2/c1-29-20-7-8-22-21(14-20)24(9-11-26(12-10-24)15-17-5-6-17)16-27(22)23(28)18-3-2-4-19(25)13-18/h2-4,7-8,13-14,17H,5-6,9-12,15-16H2,1H3. The number of anilines is 1. The summed E-state index contributed by atoms with van der Waals surface area (Å²) in [5.41, 5.74) is 2.94. The van der Waals surface area contributed by atoms with Crippen LogP contribution < -0.4 is 9.64 Å². The van der Waals surface area contributed by atoms with E-state index in [4.69, 9.17) is 16.3 Å². The lowest BCUT2D eigenvalue weighted by molar-refractivity contribution is 0.0976. The molecule has 2 aliphatic heterocycles. The average Bonchev–Trinajstić information content (AvgIpc) is 3.51. The minimum Gasteiger partial charge on any atom is -0.497 e. The van der Waals surface area contributed by atoms with Gasteiger partial charge in [-0.05, 0) is 86.7 Å². The van der Waals surface area contributed by atoms with Gasteiger partial charge in [0.05, 0.1) is 7.11 Å². The van der Waals surface area contributed by atoms with E-state index in [1.165, 1.54) is 24.9 Å². The Morgan fingerprint density at radius 1 is 1.17 bits per heavy atom. The summed E-state index contributed by atoms with van der Waals surface area (Å²) >= 11 is 6.15. The summed E-state index contributed by atoms with van der Waals surface area (Å²) in [5, 5.41) is 0.591. The quantitative estimate of drug-likeness (QED) is 0.729. The lowest BCUT2D eigenvalue weighted by atomic mass is 9.74. The van der Waals surface area contributed by atoms with Gasteiger partial charge in [-0.3, -0.25) is 4.79 Å². The first-order valence-corrected chi connectivity index (χ1v) is 10.9. The number of rotatable bonds is 4. The van der Waals surface area contributed by atoms with Crippen molar-refractivity contribution in [3.05, 3.63) is 58.6 Å². The number of methoxy groups -OCH3 is 1. The molecule has 29 heavy (non-hydrogen) atoms. The van der Waals surface area contributed by atoms with E-state index in [9.17, 15) is 4.79 Å². The molecule has 5 heteroatoms. The van der Waals surface area contributed by atoms with Crippen LogP contribution in [-0.4, -0.2) is 44.1 Å². The Labute approximate surface area is 177 Å². The molecule has 0 aromatic heterocycles. The minimum absolute atomic E-state index is 0.0121. The monoisotopic (exact) mass is 410 g/mol. The Bertz CT molecular complexity index is 932. The van der Waals surface area contributed by atoms with Crippen molar-refractivity contribution >= 4 is 23.2 Å². The van der Waals surface area contributed by atoms with Crippen molar-refractivity contribution in [2.75, 3.05) is 38.2 Å². The predicted molar refractivity (Wildman–Crippen MR) is 116 cm³/mol. The van der Waals surface area contributed by atoms with Gasteiger partial charge >= 0.3 is 0 Å². The van der Waals surface area contributed by atoms with Crippen LogP contribution in [0.1, 0.15) is 41.6 Å². The first-order valence-electron chi connectivity index (χ1n) is 10.6. The predicted octanol–water partition coefficient (Wildman–Crippen LogP) is 4.75. The number of hydrogen-bond acceptors (Lipinski definition) is 3. The highest BCUT2D eigenvalue weighted by Gasteiger charge is 2.47. The van der Waals surface area contributed by atoms with E-state index in [-0.39, 0.29) is 11.3 Å². The van der Waals surface area contributed by atoms with Gasteiger partial charge in [0.25, 0.3) is 5.91 Å². The van der Waals surface area contributed by atoms with E-state index >= 15 is 0 Å². The molecule has 0 unspecified atom stereocenters. The van der Waals surface area contributed by atoms with Crippen LogP contribution >= 0.6 is 11.6 Å². The van der Waals surface area contributed by atoms with Gasteiger partial charge in [0.1, 0.15) is 5.75 Å². The Morgan fingerprint density at radius 2 is 1.97 bits per heavy atom. The van der Waals surface area contributed by atoms with Crippen LogP contribution in [0.4, 0.5) is 5.69 Å². The van der Waals surface area contributed by atoms with E-state index in [1.807, 2.05) is 29.2 Å². The number of carbonyl (C=O) groups is 1. The number of fused-ring (bicyclic) bond motifs is 2. The number of carbonyl (C=O) groups excluding carboxylic acids is 1. The summed E-state index contributed by atoms with van der Waals surface area (Å²) in [7, 11) is 1.70. The fourth-order valence-corrected chi connectivity index (χ4v) is 5.18. The van der Waals surface area contributed by atoms with E-state index in [2.05, 4.69) is 11.0 Å². The van der Waals surface area contributed by atoms with Gasteiger partial charge < -0.3 is 14.5 Å². The maximum absolute atomic E-state index is 13.4. The van der Waals surface area contributed by atoms with Crippen molar-refractivity contribution in [2.24, 2.45) is 5.92 Å². The van der Waals surface area contributed by atoms with Crippen LogP contribution in [0.3, 0.4) is 0 Å². The first-order chi connectivity index (χ1) is 14.1. The zero-order chi connectivity index (χ0) is 20.0. The van der Waals surface area contributed by atoms with Crippen molar-refractivity contribution in [3.63, 3.8) is 0 Å². The fraction of sp³-hybridized carbons (Fsp3) is 0.458. The summed E-state index contributed by atoms with van der Waals surface area (Å²) in [6.45, 7) is 4.18. The Hall–Kier alpha value is -2.04. The molecule has 1 spiro atoms. The molecular formula is C24H27ClN2O2. The van der Waals surface area contributed by atoms with E-state index in [0.29, 0.717) is 10.6 Å². The summed E-state index contributed by atoms with van der Waals surface area (Å²) in [6.07, 6.45) is 4.95. The normalized spacial score (nSPS) is 20.7. The molecule has 5 rings (SSSR count). The number of hydrogen-bond donors (Lipinski definition) is 0. The van der Waals surface area contributed by atoms with E-state index in [1.54, 1.807) is 19.2 Å². The average molecular weight is 411 g/mol. The van der Waals surface area contributed by atoms with Crippen molar-refractivity contribution in [1.29, 1.82) is 0 Å². The van der Waals surface area contributed by atoms with Crippen molar-refractivity contribution in [1.82, 2.24) is 4.90 Å². The van der Waals surface area contributed by atoms with Gasteiger partial charge in [0, 0.05) is 34.8 Å². The molecule has 1 saturated carbocycles. The molecule has 0 bridgehead atoms. The zero-order valence-corrected chi connectivity index (χ0v) is 17.6. The van der Waals surface area contributed by atoms with Crippen molar-refractivity contribution in [2.45, 2.75) is 31.1 Å². The molecule has 1 saturated heterocycles. The number of amides is 1. The molecule has 1 amide bonds. The number of ether oxygens (including phenoxy) is 1. The summed E-state index contributed by atoms with van der Waals surface area (Å²) in [4.78, 5) is 18.0. The lowest BCUT2D eigenvalue weighted by Crippen LogP contribution is -2.46. The van der Waals surface area contributed by atoms with Crippen LogP contribution in [-0.2, 0) is 5.41 Å². The topological polar surface area (TPSA) is 32.8 Å². The second-order valence-electron chi connectivity index (χ2n) is 8.81. The molecule has 0 atom stereocenters.